The van der Waals surface area contributed by atoms with Crippen LogP contribution >= 0.6 is 11.6 Å². The van der Waals surface area contributed by atoms with E-state index in [4.69, 9.17) is 11.6 Å². The van der Waals surface area contributed by atoms with Crippen molar-refractivity contribution in [3.05, 3.63) is 70.2 Å². The molecule has 0 spiro atoms. The summed E-state index contributed by atoms with van der Waals surface area (Å²) >= 11 is 6.33. The molecule has 29 heavy (non-hydrogen) atoms. The Morgan fingerprint density at radius 3 is 2.41 bits per heavy atom. The van der Waals surface area contributed by atoms with Crippen LogP contribution in [-0.4, -0.2) is 28.8 Å². The molecule has 0 saturated heterocycles. The number of carbonyl (C=O) groups excluding carboxylic acids is 2. The van der Waals surface area contributed by atoms with E-state index >= 15 is 0 Å². The fourth-order valence-electron chi connectivity index (χ4n) is 3.77. The second-order valence-electron chi connectivity index (χ2n) is 7.94. The van der Waals surface area contributed by atoms with Gasteiger partial charge in [0.1, 0.15) is 6.04 Å². The molecule has 0 heterocycles. The lowest BCUT2D eigenvalue weighted by Gasteiger charge is -2.30. The Morgan fingerprint density at radius 2 is 1.76 bits per heavy atom. The van der Waals surface area contributed by atoms with Crippen molar-refractivity contribution in [3.8, 4) is 0 Å². The minimum absolute atomic E-state index is 0.0807. The summed E-state index contributed by atoms with van der Waals surface area (Å²) in [6.07, 6.45) is 4.58. The van der Waals surface area contributed by atoms with Crippen LogP contribution in [0.15, 0.2) is 48.5 Å². The van der Waals surface area contributed by atoms with Crippen molar-refractivity contribution < 1.29 is 9.59 Å². The van der Waals surface area contributed by atoms with E-state index in [1.165, 1.54) is 0 Å². The molecule has 1 atom stereocenters. The number of nitrogens with zero attached hydrogens (tertiary/aromatic N) is 1. The van der Waals surface area contributed by atoms with Crippen molar-refractivity contribution in [1.82, 2.24) is 10.2 Å². The maximum Gasteiger partial charge on any atom is 0.242 e. The molecule has 0 bridgehead atoms. The molecule has 0 unspecified atom stereocenters. The maximum absolute atomic E-state index is 13.2. The smallest absolute Gasteiger partial charge is 0.242 e. The zero-order valence-corrected chi connectivity index (χ0v) is 17.9. The monoisotopic (exact) mass is 412 g/mol. The molecular formula is C24H29ClN2O2. The Balaban J connectivity index is 1.77. The molecule has 0 radical (unpaired) electrons. The summed E-state index contributed by atoms with van der Waals surface area (Å²) < 4.78 is 0. The van der Waals surface area contributed by atoms with Crippen LogP contribution in [0.1, 0.15) is 49.3 Å². The Bertz CT molecular complexity index is 844. The van der Waals surface area contributed by atoms with Gasteiger partial charge in [-0.15, -0.1) is 0 Å². The molecule has 2 amide bonds. The van der Waals surface area contributed by atoms with Crippen LogP contribution in [0.25, 0.3) is 0 Å². The number of hydrogen-bond acceptors (Lipinski definition) is 2. The molecule has 1 aliphatic rings. The minimum atomic E-state index is -0.565. The number of carbonyl (C=O) groups is 2. The molecule has 5 heteroatoms. The summed E-state index contributed by atoms with van der Waals surface area (Å²) in [4.78, 5) is 27.7. The highest BCUT2D eigenvalue weighted by atomic mass is 35.5. The molecule has 4 nitrogen and oxygen atoms in total. The molecular weight excluding hydrogens is 384 g/mol. The quantitative estimate of drug-likeness (QED) is 0.718. The minimum Gasteiger partial charge on any atom is -0.352 e. The van der Waals surface area contributed by atoms with Gasteiger partial charge < -0.3 is 10.2 Å². The van der Waals surface area contributed by atoms with Crippen LogP contribution in [0, 0.1) is 6.92 Å². The zero-order chi connectivity index (χ0) is 20.8. The normalized spacial score (nSPS) is 15.1. The fraction of sp³-hybridized carbons (Fsp3) is 0.417. The molecule has 0 aliphatic heterocycles. The van der Waals surface area contributed by atoms with Gasteiger partial charge in [-0.25, -0.2) is 0 Å². The summed E-state index contributed by atoms with van der Waals surface area (Å²) in [6, 6.07) is 15.0. The number of benzene rings is 2. The number of rotatable bonds is 7. The first-order valence-corrected chi connectivity index (χ1v) is 10.7. The van der Waals surface area contributed by atoms with Crippen molar-refractivity contribution in [3.63, 3.8) is 0 Å². The highest BCUT2D eigenvalue weighted by Gasteiger charge is 2.28. The van der Waals surface area contributed by atoms with Gasteiger partial charge in [-0.1, -0.05) is 72.5 Å². The zero-order valence-electron chi connectivity index (χ0n) is 17.2. The summed E-state index contributed by atoms with van der Waals surface area (Å²) in [5, 5.41) is 3.72. The molecule has 1 N–H and O–H groups in total. The SMILES string of the molecule is Cc1ccc(CC(=O)N(Cc2ccccc2Cl)[C@H](C)C(=O)NC2CCCC2)cc1. The highest BCUT2D eigenvalue weighted by molar-refractivity contribution is 6.31. The van der Waals surface area contributed by atoms with Crippen LogP contribution in [0.5, 0.6) is 0 Å². The fourth-order valence-corrected chi connectivity index (χ4v) is 3.96. The average molecular weight is 413 g/mol. The van der Waals surface area contributed by atoms with Gasteiger partial charge in [0, 0.05) is 17.6 Å². The third kappa shape index (κ3) is 5.83. The number of nitrogens with one attached hydrogen (secondary N) is 1. The molecule has 2 aromatic rings. The number of halogens is 1. The lowest BCUT2D eigenvalue weighted by Crippen LogP contribution is -2.50. The van der Waals surface area contributed by atoms with E-state index in [1.54, 1.807) is 11.8 Å². The third-order valence-corrected chi connectivity index (χ3v) is 6.01. The van der Waals surface area contributed by atoms with Gasteiger partial charge in [-0.3, -0.25) is 9.59 Å². The van der Waals surface area contributed by atoms with Gasteiger partial charge in [0.05, 0.1) is 6.42 Å². The van der Waals surface area contributed by atoms with Crippen molar-refractivity contribution in [2.45, 2.75) is 64.6 Å². The van der Waals surface area contributed by atoms with Gasteiger partial charge in [0.15, 0.2) is 0 Å². The van der Waals surface area contributed by atoms with Crippen molar-refractivity contribution in [2.75, 3.05) is 0 Å². The van der Waals surface area contributed by atoms with Gasteiger partial charge in [-0.2, -0.15) is 0 Å². The molecule has 1 fully saturated rings. The van der Waals surface area contributed by atoms with E-state index in [9.17, 15) is 9.59 Å². The predicted molar refractivity (Wildman–Crippen MR) is 117 cm³/mol. The number of amides is 2. The largest absolute Gasteiger partial charge is 0.352 e. The summed E-state index contributed by atoms with van der Waals surface area (Å²) in [6.45, 7) is 4.13. The molecule has 3 rings (SSSR count). The van der Waals surface area contributed by atoms with Crippen molar-refractivity contribution in [1.29, 1.82) is 0 Å². The van der Waals surface area contributed by atoms with Crippen LogP contribution < -0.4 is 5.32 Å². The summed E-state index contributed by atoms with van der Waals surface area (Å²) in [5.74, 6) is -0.177. The first-order valence-electron chi connectivity index (χ1n) is 10.3. The van der Waals surface area contributed by atoms with Crippen LogP contribution in [0.2, 0.25) is 5.02 Å². The second kappa shape index (κ2) is 9.93. The van der Waals surface area contributed by atoms with E-state index in [-0.39, 0.29) is 24.3 Å². The van der Waals surface area contributed by atoms with E-state index in [0.717, 1.165) is 42.4 Å². The van der Waals surface area contributed by atoms with Crippen LogP contribution in [0.3, 0.4) is 0 Å². The standard InChI is InChI=1S/C24H29ClN2O2/c1-17-11-13-19(14-12-17)15-23(28)27(16-20-7-3-6-10-22(20)25)18(2)24(29)26-21-8-4-5-9-21/h3,6-7,10-14,18,21H,4-5,8-9,15-16H2,1-2H3,(H,26,29)/t18-/m1/s1. The van der Waals surface area contributed by atoms with Crippen molar-refractivity contribution >= 4 is 23.4 Å². The molecule has 1 saturated carbocycles. The van der Waals surface area contributed by atoms with Crippen molar-refractivity contribution in [2.24, 2.45) is 0 Å². The maximum atomic E-state index is 13.2. The average Bonchev–Trinajstić information content (AvgIpc) is 3.21. The third-order valence-electron chi connectivity index (χ3n) is 5.64. The summed E-state index contributed by atoms with van der Waals surface area (Å²) in [7, 11) is 0. The van der Waals surface area contributed by atoms with Gasteiger partial charge in [0.25, 0.3) is 0 Å². The van der Waals surface area contributed by atoms with Gasteiger partial charge >= 0.3 is 0 Å². The van der Waals surface area contributed by atoms with E-state index < -0.39 is 6.04 Å². The molecule has 2 aromatic carbocycles. The van der Waals surface area contributed by atoms with E-state index in [0.29, 0.717) is 11.6 Å². The van der Waals surface area contributed by atoms with Gasteiger partial charge in [-0.05, 0) is 43.9 Å². The van der Waals surface area contributed by atoms with E-state index in [1.807, 2.05) is 55.5 Å². The Morgan fingerprint density at radius 1 is 1.10 bits per heavy atom. The van der Waals surface area contributed by atoms with E-state index in [2.05, 4.69) is 5.32 Å². The van der Waals surface area contributed by atoms with Crippen LogP contribution in [-0.2, 0) is 22.6 Å². The first-order chi connectivity index (χ1) is 13.9. The molecule has 0 aromatic heterocycles. The predicted octanol–water partition coefficient (Wildman–Crippen LogP) is 4.67. The lowest BCUT2D eigenvalue weighted by atomic mass is 10.1. The molecule has 1 aliphatic carbocycles. The summed E-state index contributed by atoms with van der Waals surface area (Å²) in [5.41, 5.74) is 2.93. The molecule has 154 valence electrons. The number of aryl methyl sites for hydroxylation is 1. The Kier molecular flexibility index (Phi) is 7.32. The number of hydrogen-bond donors (Lipinski definition) is 1. The highest BCUT2D eigenvalue weighted by Crippen LogP contribution is 2.21. The second-order valence-corrected chi connectivity index (χ2v) is 8.35. The topological polar surface area (TPSA) is 49.4 Å². The Labute approximate surface area is 178 Å². The Hall–Kier alpha value is -2.33. The lowest BCUT2D eigenvalue weighted by molar-refractivity contribution is -0.140. The van der Waals surface area contributed by atoms with Gasteiger partial charge in [0.2, 0.25) is 11.8 Å². The van der Waals surface area contributed by atoms with Crippen LogP contribution in [0.4, 0.5) is 0 Å². The first kappa shape index (κ1) is 21.4.